The van der Waals surface area contributed by atoms with Crippen molar-refractivity contribution in [2.24, 2.45) is 11.8 Å². The second-order valence-corrected chi connectivity index (χ2v) is 6.13. The van der Waals surface area contributed by atoms with Crippen molar-refractivity contribution < 1.29 is 8.78 Å². The topological polar surface area (TPSA) is 12.0 Å². The van der Waals surface area contributed by atoms with Gasteiger partial charge in [-0.25, -0.2) is 8.78 Å². The maximum Gasteiger partial charge on any atom is 0.126 e. The number of likely N-dealkylation sites (N-methyl/N-ethyl adjacent to an activating group) is 1. The standard InChI is InChI=1S/C16H23F2N/c1-4-19-10-16(8-12(9-16)11(2)3)13-5-14(17)7-15(18)6-13/h5-7,11-12,19H,4,8-10H2,1-3H3. The van der Waals surface area contributed by atoms with E-state index in [4.69, 9.17) is 0 Å². The van der Waals surface area contributed by atoms with Gasteiger partial charge in [0.15, 0.2) is 0 Å². The SMILES string of the molecule is CCNCC1(c2cc(F)cc(F)c2)CC(C(C)C)C1. The molecule has 3 heteroatoms. The molecule has 0 bridgehead atoms. The average molecular weight is 267 g/mol. The van der Waals surface area contributed by atoms with Crippen molar-refractivity contribution in [1.82, 2.24) is 5.32 Å². The summed E-state index contributed by atoms with van der Waals surface area (Å²) in [4.78, 5) is 0. The first kappa shape index (κ1) is 14.4. The Morgan fingerprint density at radius 3 is 2.26 bits per heavy atom. The third kappa shape index (κ3) is 2.97. The highest BCUT2D eigenvalue weighted by molar-refractivity contribution is 5.31. The monoisotopic (exact) mass is 267 g/mol. The molecule has 0 radical (unpaired) electrons. The van der Waals surface area contributed by atoms with Gasteiger partial charge in [0.2, 0.25) is 0 Å². The summed E-state index contributed by atoms with van der Waals surface area (Å²) in [6.07, 6.45) is 2.03. The minimum atomic E-state index is -0.473. The summed E-state index contributed by atoms with van der Waals surface area (Å²) in [5.41, 5.74) is 0.719. The lowest BCUT2D eigenvalue weighted by Crippen LogP contribution is -2.50. The van der Waals surface area contributed by atoms with Crippen LogP contribution in [-0.4, -0.2) is 13.1 Å². The minimum Gasteiger partial charge on any atom is -0.316 e. The number of hydrogen-bond acceptors (Lipinski definition) is 1. The molecule has 1 N–H and O–H groups in total. The molecule has 0 unspecified atom stereocenters. The third-order valence-corrected chi connectivity index (χ3v) is 4.44. The van der Waals surface area contributed by atoms with Crippen LogP contribution in [0.3, 0.4) is 0 Å². The van der Waals surface area contributed by atoms with Gasteiger partial charge in [-0.05, 0) is 48.9 Å². The molecule has 1 aromatic carbocycles. The highest BCUT2D eigenvalue weighted by Gasteiger charge is 2.46. The van der Waals surface area contributed by atoms with Crippen molar-refractivity contribution >= 4 is 0 Å². The summed E-state index contributed by atoms with van der Waals surface area (Å²) in [7, 11) is 0. The van der Waals surface area contributed by atoms with Crippen molar-refractivity contribution in [3.05, 3.63) is 35.4 Å². The first-order valence-corrected chi connectivity index (χ1v) is 7.14. The summed E-state index contributed by atoms with van der Waals surface area (Å²) in [5.74, 6) is 0.343. The molecular weight excluding hydrogens is 244 g/mol. The van der Waals surface area contributed by atoms with Gasteiger partial charge in [-0.1, -0.05) is 20.8 Å². The number of nitrogens with one attached hydrogen (secondary N) is 1. The Bertz CT molecular complexity index is 416. The predicted molar refractivity (Wildman–Crippen MR) is 74.1 cm³/mol. The zero-order valence-electron chi connectivity index (χ0n) is 12.0. The van der Waals surface area contributed by atoms with Gasteiger partial charge in [0.1, 0.15) is 11.6 Å². The van der Waals surface area contributed by atoms with Crippen LogP contribution in [-0.2, 0) is 5.41 Å². The molecule has 106 valence electrons. The Balaban J connectivity index is 2.23. The molecule has 1 fully saturated rings. The molecule has 0 heterocycles. The lowest BCUT2D eigenvalue weighted by atomic mass is 9.56. The molecule has 1 aromatic rings. The minimum absolute atomic E-state index is 0.0894. The van der Waals surface area contributed by atoms with Gasteiger partial charge >= 0.3 is 0 Å². The fourth-order valence-electron chi connectivity index (χ4n) is 3.12. The van der Waals surface area contributed by atoms with Gasteiger partial charge in [0, 0.05) is 18.0 Å². The Hall–Kier alpha value is -0.960. The van der Waals surface area contributed by atoms with Crippen LogP contribution in [0.1, 0.15) is 39.2 Å². The van der Waals surface area contributed by atoms with Gasteiger partial charge < -0.3 is 5.32 Å². The molecule has 1 aliphatic rings. The van der Waals surface area contributed by atoms with Gasteiger partial charge in [-0.3, -0.25) is 0 Å². The largest absolute Gasteiger partial charge is 0.316 e. The first-order chi connectivity index (χ1) is 8.97. The zero-order chi connectivity index (χ0) is 14.0. The number of benzene rings is 1. The van der Waals surface area contributed by atoms with Crippen LogP contribution in [0.15, 0.2) is 18.2 Å². The van der Waals surface area contributed by atoms with E-state index < -0.39 is 11.6 Å². The molecular formula is C16H23F2N. The number of halogens is 2. The molecule has 19 heavy (non-hydrogen) atoms. The van der Waals surface area contributed by atoms with Crippen LogP contribution >= 0.6 is 0 Å². The molecule has 2 rings (SSSR count). The van der Waals surface area contributed by atoms with Gasteiger partial charge in [0.25, 0.3) is 0 Å². The smallest absolute Gasteiger partial charge is 0.126 e. The molecule has 0 saturated heterocycles. The van der Waals surface area contributed by atoms with Crippen LogP contribution in [0.4, 0.5) is 8.78 Å². The van der Waals surface area contributed by atoms with Crippen molar-refractivity contribution in [1.29, 1.82) is 0 Å². The second-order valence-electron chi connectivity index (χ2n) is 6.13. The molecule has 0 atom stereocenters. The Kier molecular flexibility index (Phi) is 4.24. The van der Waals surface area contributed by atoms with Crippen LogP contribution in [0.5, 0.6) is 0 Å². The number of rotatable bonds is 5. The van der Waals surface area contributed by atoms with Crippen molar-refractivity contribution in [2.75, 3.05) is 13.1 Å². The fourth-order valence-corrected chi connectivity index (χ4v) is 3.12. The summed E-state index contributed by atoms with van der Waals surface area (Å²) in [6, 6.07) is 3.94. The summed E-state index contributed by atoms with van der Waals surface area (Å²) >= 11 is 0. The van der Waals surface area contributed by atoms with E-state index in [0.717, 1.165) is 37.6 Å². The van der Waals surface area contributed by atoms with Gasteiger partial charge in [-0.2, -0.15) is 0 Å². The highest BCUT2D eigenvalue weighted by atomic mass is 19.1. The fraction of sp³-hybridized carbons (Fsp3) is 0.625. The Morgan fingerprint density at radius 2 is 1.79 bits per heavy atom. The van der Waals surface area contributed by atoms with Crippen LogP contribution in [0.2, 0.25) is 0 Å². The van der Waals surface area contributed by atoms with E-state index >= 15 is 0 Å². The van der Waals surface area contributed by atoms with Crippen molar-refractivity contribution in [3.63, 3.8) is 0 Å². The van der Waals surface area contributed by atoms with Crippen molar-refractivity contribution in [3.8, 4) is 0 Å². The Labute approximate surface area is 114 Å². The molecule has 1 saturated carbocycles. The number of hydrogen-bond donors (Lipinski definition) is 1. The quantitative estimate of drug-likeness (QED) is 0.853. The molecule has 0 aliphatic heterocycles. The molecule has 0 amide bonds. The molecule has 1 aliphatic carbocycles. The zero-order valence-corrected chi connectivity index (χ0v) is 12.0. The van der Waals surface area contributed by atoms with Crippen LogP contribution in [0, 0.1) is 23.5 Å². The molecule has 0 spiro atoms. The lowest BCUT2D eigenvalue weighted by Gasteiger charge is -2.50. The van der Waals surface area contributed by atoms with E-state index in [1.165, 1.54) is 12.1 Å². The maximum atomic E-state index is 13.4. The van der Waals surface area contributed by atoms with E-state index in [0.29, 0.717) is 11.8 Å². The molecule has 0 aromatic heterocycles. The van der Waals surface area contributed by atoms with Gasteiger partial charge in [-0.15, -0.1) is 0 Å². The van der Waals surface area contributed by atoms with Crippen LogP contribution < -0.4 is 5.32 Å². The van der Waals surface area contributed by atoms with Crippen molar-refractivity contribution in [2.45, 2.75) is 39.0 Å². The lowest BCUT2D eigenvalue weighted by molar-refractivity contribution is 0.0977. The maximum absolute atomic E-state index is 13.4. The first-order valence-electron chi connectivity index (χ1n) is 7.14. The van der Waals surface area contributed by atoms with E-state index in [-0.39, 0.29) is 5.41 Å². The van der Waals surface area contributed by atoms with Gasteiger partial charge in [0.05, 0.1) is 0 Å². The average Bonchev–Trinajstić information content (AvgIpc) is 2.25. The van der Waals surface area contributed by atoms with E-state index in [1.54, 1.807) is 0 Å². The third-order valence-electron chi connectivity index (χ3n) is 4.44. The highest BCUT2D eigenvalue weighted by Crippen LogP contribution is 2.50. The van der Waals surface area contributed by atoms with E-state index in [1.807, 2.05) is 0 Å². The normalized spacial score (nSPS) is 26.5. The second kappa shape index (κ2) is 5.58. The Morgan fingerprint density at radius 1 is 1.21 bits per heavy atom. The predicted octanol–water partition coefficient (Wildman–Crippen LogP) is 3.88. The summed E-state index contributed by atoms with van der Waals surface area (Å²) < 4.78 is 26.9. The summed E-state index contributed by atoms with van der Waals surface area (Å²) in [6.45, 7) is 8.17. The van der Waals surface area contributed by atoms with Crippen LogP contribution in [0.25, 0.3) is 0 Å². The summed E-state index contributed by atoms with van der Waals surface area (Å²) in [5, 5.41) is 3.34. The molecule has 1 nitrogen and oxygen atoms in total. The van der Waals surface area contributed by atoms with E-state index in [2.05, 4.69) is 26.1 Å². The van der Waals surface area contributed by atoms with E-state index in [9.17, 15) is 8.78 Å².